The van der Waals surface area contributed by atoms with Crippen LogP contribution in [0, 0.1) is 6.92 Å². The van der Waals surface area contributed by atoms with Crippen molar-refractivity contribution in [1.29, 1.82) is 0 Å². The number of rotatable bonds is 2. The summed E-state index contributed by atoms with van der Waals surface area (Å²) in [4.78, 5) is 0. The van der Waals surface area contributed by atoms with Crippen LogP contribution in [-0.2, 0) is 9.05 Å². The van der Waals surface area contributed by atoms with Crippen molar-refractivity contribution in [3.63, 3.8) is 0 Å². The quantitative estimate of drug-likeness (QED) is 0.712. The second kappa shape index (κ2) is 3.94. The Hall–Kier alpha value is -0.800. The van der Waals surface area contributed by atoms with E-state index in [2.05, 4.69) is 0 Å². The Balaban J connectivity index is 2.88. The van der Waals surface area contributed by atoms with Crippen molar-refractivity contribution in [3.05, 3.63) is 40.8 Å². The Labute approximate surface area is 82.3 Å². The SMILES string of the molecule is Cc1ccc(C=CS(=O)(=O)Cl)cc1. The number of hydrogen-bond acceptors (Lipinski definition) is 2. The molecular weight excluding hydrogens is 208 g/mol. The summed E-state index contributed by atoms with van der Waals surface area (Å²) in [6.45, 7) is 1.96. The van der Waals surface area contributed by atoms with Crippen LogP contribution in [-0.4, -0.2) is 8.42 Å². The molecule has 0 N–H and O–H groups in total. The largest absolute Gasteiger partial charge is 0.254 e. The number of hydrogen-bond donors (Lipinski definition) is 0. The maximum Gasteiger partial charge on any atom is 0.254 e. The summed E-state index contributed by atoms with van der Waals surface area (Å²) in [7, 11) is 1.46. The highest BCUT2D eigenvalue weighted by Crippen LogP contribution is 2.07. The zero-order chi connectivity index (χ0) is 9.90. The van der Waals surface area contributed by atoms with Crippen molar-refractivity contribution in [2.24, 2.45) is 0 Å². The maximum atomic E-state index is 10.6. The van der Waals surface area contributed by atoms with Crippen LogP contribution in [0.5, 0.6) is 0 Å². The lowest BCUT2D eigenvalue weighted by molar-refractivity contribution is 0.617. The van der Waals surface area contributed by atoms with Crippen LogP contribution in [0.4, 0.5) is 0 Å². The van der Waals surface area contributed by atoms with Crippen LogP contribution in [0.2, 0.25) is 0 Å². The molecule has 0 aliphatic carbocycles. The summed E-state index contributed by atoms with van der Waals surface area (Å²) in [5, 5.41) is 0.971. The second-order valence-corrected chi connectivity index (χ2v) is 5.20. The van der Waals surface area contributed by atoms with Gasteiger partial charge in [-0.15, -0.1) is 0 Å². The molecule has 1 aromatic rings. The van der Waals surface area contributed by atoms with Crippen molar-refractivity contribution < 1.29 is 8.42 Å². The van der Waals surface area contributed by atoms with Gasteiger partial charge in [-0.3, -0.25) is 0 Å². The molecule has 13 heavy (non-hydrogen) atoms. The topological polar surface area (TPSA) is 34.1 Å². The van der Waals surface area contributed by atoms with Crippen molar-refractivity contribution in [2.75, 3.05) is 0 Å². The van der Waals surface area contributed by atoms with Gasteiger partial charge in [-0.2, -0.15) is 0 Å². The lowest BCUT2D eigenvalue weighted by Crippen LogP contribution is -1.79. The van der Waals surface area contributed by atoms with Gasteiger partial charge in [0.15, 0.2) is 0 Å². The monoisotopic (exact) mass is 216 g/mol. The molecule has 1 aromatic carbocycles. The van der Waals surface area contributed by atoms with Gasteiger partial charge in [0.25, 0.3) is 9.05 Å². The molecule has 0 unspecified atom stereocenters. The first kappa shape index (κ1) is 10.3. The van der Waals surface area contributed by atoms with Crippen molar-refractivity contribution in [1.82, 2.24) is 0 Å². The number of halogens is 1. The van der Waals surface area contributed by atoms with Gasteiger partial charge >= 0.3 is 0 Å². The Kier molecular flexibility index (Phi) is 3.12. The van der Waals surface area contributed by atoms with Crippen LogP contribution in [0.3, 0.4) is 0 Å². The highest BCUT2D eigenvalue weighted by molar-refractivity contribution is 8.16. The molecule has 0 spiro atoms. The van der Waals surface area contributed by atoms with E-state index in [1.807, 2.05) is 31.2 Å². The zero-order valence-electron chi connectivity index (χ0n) is 7.07. The first-order valence-electron chi connectivity index (χ1n) is 3.67. The molecule has 2 nitrogen and oxygen atoms in total. The van der Waals surface area contributed by atoms with Gasteiger partial charge in [-0.05, 0) is 18.6 Å². The molecule has 1 rings (SSSR count). The first-order valence-corrected chi connectivity index (χ1v) is 6.04. The average Bonchev–Trinajstić information content (AvgIpc) is 2.02. The van der Waals surface area contributed by atoms with Crippen LogP contribution in [0.15, 0.2) is 29.7 Å². The van der Waals surface area contributed by atoms with Gasteiger partial charge < -0.3 is 0 Å². The third kappa shape index (κ3) is 4.10. The summed E-state index contributed by atoms with van der Waals surface area (Å²) < 4.78 is 21.1. The van der Waals surface area contributed by atoms with Gasteiger partial charge in [0.2, 0.25) is 0 Å². The minimum absolute atomic E-state index is 0.815. The predicted octanol–water partition coefficient (Wildman–Crippen LogP) is 2.53. The molecule has 0 aliphatic rings. The molecule has 0 radical (unpaired) electrons. The Morgan fingerprint density at radius 1 is 1.23 bits per heavy atom. The Bertz CT molecular complexity index is 404. The smallest absolute Gasteiger partial charge is 0.208 e. The molecule has 0 atom stereocenters. The summed E-state index contributed by atoms with van der Waals surface area (Å²) in [6, 6.07) is 7.46. The Morgan fingerprint density at radius 3 is 2.23 bits per heavy atom. The number of aryl methyl sites for hydroxylation is 1. The van der Waals surface area contributed by atoms with Gasteiger partial charge in [-0.25, -0.2) is 8.42 Å². The van der Waals surface area contributed by atoms with E-state index in [4.69, 9.17) is 10.7 Å². The van der Waals surface area contributed by atoms with Crippen LogP contribution < -0.4 is 0 Å². The van der Waals surface area contributed by atoms with Crippen molar-refractivity contribution in [3.8, 4) is 0 Å². The highest BCUT2D eigenvalue weighted by atomic mass is 35.7. The number of benzene rings is 1. The average molecular weight is 217 g/mol. The van der Waals surface area contributed by atoms with Gasteiger partial charge in [0, 0.05) is 16.1 Å². The van der Waals surface area contributed by atoms with E-state index in [0.717, 1.165) is 16.5 Å². The van der Waals surface area contributed by atoms with E-state index in [-0.39, 0.29) is 0 Å². The normalized spacial score (nSPS) is 12.2. The van der Waals surface area contributed by atoms with E-state index in [1.54, 1.807) is 0 Å². The van der Waals surface area contributed by atoms with Crippen LogP contribution in [0.1, 0.15) is 11.1 Å². The van der Waals surface area contributed by atoms with E-state index in [9.17, 15) is 8.42 Å². The van der Waals surface area contributed by atoms with Crippen LogP contribution >= 0.6 is 10.7 Å². The van der Waals surface area contributed by atoms with E-state index in [1.165, 1.54) is 6.08 Å². The summed E-state index contributed by atoms with van der Waals surface area (Å²) >= 11 is 0. The van der Waals surface area contributed by atoms with Gasteiger partial charge in [0.05, 0.1) is 0 Å². The molecule has 70 valence electrons. The lowest BCUT2D eigenvalue weighted by Gasteiger charge is -1.93. The molecule has 4 heteroatoms. The van der Waals surface area contributed by atoms with E-state index >= 15 is 0 Å². The molecule has 0 fully saturated rings. The highest BCUT2D eigenvalue weighted by Gasteiger charge is 1.95. The zero-order valence-corrected chi connectivity index (χ0v) is 8.64. The second-order valence-electron chi connectivity index (χ2n) is 2.69. The van der Waals surface area contributed by atoms with E-state index in [0.29, 0.717) is 0 Å². The predicted molar refractivity (Wildman–Crippen MR) is 55.0 cm³/mol. The fourth-order valence-corrected chi connectivity index (χ4v) is 1.31. The molecule has 0 saturated heterocycles. The van der Waals surface area contributed by atoms with Crippen LogP contribution in [0.25, 0.3) is 6.08 Å². The standard InChI is InChI=1S/C9H9ClO2S/c1-8-2-4-9(5-3-8)6-7-13(10,11)12/h2-7H,1H3. The fourth-order valence-electron chi connectivity index (χ4n) is 0.837. The molecule has 0 amide bonds. The third-order valence-corrected chi connectivity index (χ3v) is 2.27. The van der Waals surface area contributed by atoms with Gasteiger partial charge in [-0.1, -0.05) is 29.8 Å². The molecule has 0 aliphatic heterocycles. The summed E-state index contributed by atoms with van der Waals surface area (Å²) in [6.07, 6.45) is 1.46. The lowest BCUT2D eigenvalue weighted by atomic mass is 10.2. The maximum absolute atomic E-state index is 10.6. The minimum Gasteiger partial charge on any atom is -0.208 e. The first-order chi connectivity index (χ1) is 5.97. The van der Waals surface area contributed by atoms with E-state index < -0.39 is 9.05 Å². The molecule has 0 aromatic heterocycles. The molecular formula is C9H9ClO2S. The summed E-state index contributed by atoms with van der Waals surface area (Å²) in [5.74, 6) is 0. The fraction of sp³-hybridized carbons (Fsp3) is 0.111. The summed E-state index contributed by atoms with van der Waals surface area (Å²) in [5.41, 5.74) is 1.95. The Morgan fingerprint density at radius 2 is 1.77 bits per heavy atom. The minimum atomic E-state index is -3.54. The molecule has 0 saturated carbocycles. The van der Waals surface area contributed by atoms with Crippen molar-refractivity contribution >= 4 is 25.8 Å². The molecule has 0 bridgehead atoms. The third-order valence-electron chi connectivity index (χ3n) is 1.50. The molecule has 0 heterocycles. The van der Waals surface area contributed by atoms with Crippen molar-refractivity contribution in [2.45, 2.75) is 6.92 Å². The van der Waals surface area contributed by atoms with Gasteiger partial charge in [0.1, 0.15) is 0 Å².